The molecule has 3 unspecified atom stereocenters. The highest BCUT2D eigenvalue weighted by molar-refractivity contribution is 6.00. The standard InChI is InChI=1S/C29H36FN3O5/c1-15-11-16(2)31-26(34)19(15)12-33-14-29(9-10-29)22-21(27(33)35)17(3)24-25(23(22)30)38-28(4,37-24)20-8-7-18(13-36-20)32(5)6/h11,18,20H,7-10,12-14H2,1-6H3,(H,31,34). The first-order valence-electron chi connectivity index (χ1n) is 13.5. The zero-order chi connectivity index (χ0) is 27.1. The summed E-state index contributed by atoms with van der Waals surface area (Å²) in [5, 5.41) is 0. The monoisotopic (exact) mass is 525 g/mol. The molecule has 2 aromatic rings. The van der Waals surface area contributed by atoms with Crippen LogP contribution < -0.4 is 15.0 Å². The third-order valence-corrected chi connectivity index (χ3v) is 8.99. The fraction of sp³-hybridized carbons (Fsp3) is 0.586. The summed E-state index contributed by atoms with van der Waals surface area (Å²) in [6.45, 7) is 8.40. The van der Waals surface area contributed by atoms with E-state index in [2.05, 4.69) is 9.88 Å². The zero-order valence-corrected chi connectivity index (χ0v) is 23.0. The van der Waals surface area contributed by atoms with Crippen molar-refractivity contribution in [3.05, 3.63) is 55.7 Å². The number of hydrogen-bond acceptors (Lipinski definition) is 6. The SMILES string of the molecule is Cc1cc(C)c(CN2CC3(CC3)c3c(F)c4c(c(C)c3C2=O)OC(C)(C2CCC(N(C)C)CO2)O4)c(=O)[nH]1. The molecule has 4 aliphatic rings. The van der Waals surface area contributed by atoms with E-state index in [1.807, 2.05) is 34.0 Å². The number of nitrogens with zero attached hydrogens (tertiary/aromatic N) is 2. The molecule has 1 N–H and O–H groups in total. The van der Waals surface area contributed by atoms with E-state index in [9.17, 15) is 9.59 Å². The Morgan fingerprint density at radius 2 is 1.84 bits per heavy atom. The van der Waals surface area contributed by atoms with Gasteiger partial charge in [-0.05, 0) is 72.2 Å². The van der Waals surface area contributed by atoms with Crippen molar-refractivity contribution < 1.29 is 23.4 Å². The number of amides is 1. The van der Waals surface area contributed by atoms with Crippen molar-refractivity contribution in [3.8, 4) is 11.5 Å². The number of halogens is 1. The normalized spacial score (nSPS) is 27.3. The number of carbonyl (C=O) groups excluding carboxylic acids is 1. The molecule has 0 radical (unpaired) electrons. The van der Waals surface area contributed by atoms with Gasteiger partial charge in [0.15, 0.2) is 11.6 Å². The van der Waals surface area contributed by atoms with Crippen molar-refractivity contribution >= 4 is 5.91 Å². The molecule has 0 bridgehead atoms. The van der Waals surface area contributed by atoms with Gasteiger partial charge in [0.1, 0.15) is 6.10 Å². The number of likely N-dealkylation sites (N-methyl/N-ethyl adjacent to an activating group) is 1. The molecule has 8 nitrogen and oxygen atoms in total. The number of carbonyl (C=O) groups is 1. The van der Waals surface area contributed by atoms with Crippen LogP contribution in [0.25, 0.3) is 0 Å². The molecule has 6 rings (SSSR count). The Balaban J connectivity index is 1.35. The van der Waals surface area contributed by atoms with E-state index < -0.39 is 17.0 Å². The number of H-pyrrole nitrogens is 1. The molecule has 1 aromatic carbocycles. The Morgan fingerprint density at radius 3 is 2.45 bits per heavy atom. The Kier molecular flexibility index (Phi) is 5.71. The van der Waals surface area contributed by atoms with Crippen LogP contribution in [0.4, 0.5) is 4.39 Å². The van der Waals surface area contributed by atoms with Crippen LogP contribution in [0.5, 0.6) is 11.5 Å². The summed E-state index contributed by atoms with van der Waals surface area (Å²) < 4.78 is 35.0. The summed E-state index contributed by atoms with van der Waals surface area (Å²) in [6.07, 6.45) is 2.83. The maximum atomic E-state index is 16.3. The van der Waals surface area contributed by atoms with Crippen molar-refractivity contribution in [2.24, 2.45) is 0 Å². The van der Waals surface area contributed by atoms with Gasteiger partial charge in [-0.2, -0.15) is 0 Å². The first-order valence-corrected chi connectivity index (χ1v) is 13.5. The zero-order valence-electron chi connectivity index (χ0n) is 23.0. The maximum absolute atomic E-state index is 16.3. The molecule has 1 aliphatic carbocycles. The molecule has 1 spiro atoms. The number of ether oxygens (including phenoxy) is 3. The van der Waals surface area contributed by atoms with Gasteiger partial charge in [0.25, 0.3) is 17.3 Å². The van der Waals surface area contributed by atoms with Gasteiger partial charge in [-0.1, -0.05) is 0 Å². The third-order valence-electron chi connectivity index (χ3n) is 8.99. The highest BCUT2D eigenvalue weighted by atomic mass is 19.1. The molecule has 204 valence electrons. The predicted octanol–water partition coefficient (Wildman–Crippen LogP) is 3.72. The quantitative estimate of drug-likeness (QED) is 0.655. The minimum absolute atomic E-state index is 0.0837. The van der Waals surface area contributed by atoms with E-state index in [-0.39, 0.29) is 35.6 Å². The van der Waals surface area contributed by atoms with Gasteiger partial charge < -0.3 is 29.0 Å². The van der Waals surface area contributed by atoms with Crippen molar-refractivity contribution in [2.75, 3.05) is 27.2 Å². The van der Waals surface area contributed by atoms with E-state index in [4.69, 9.17) is 14.2 Å². The van der Waals surface area contributed by atoms with Crippen LogP contribution in [0, 0.1) is 26.6 Å². The minimum atomic E-state index is -1.18. The smallest absolute Gasteiger partial charge is 0.275 e. The third kappa shape index (κ3) is 3.77. The largest absolute Gasteiger partial charge is 0.446 e. The molecule has 1 aromatic heterocycles. The molecule has 9 heteroatoms. The fourth-order valence-electron chi connectivity index (χ4n) is 6.52. The first kappa shape index (κ1) is 25.4. The molecule has 3 atom stereocenters. The second-order valence-corrected chi connectivity index (χ2v) is 12.0. The molecule has 1 saturated carbocycles. The first-order chi connectivity index (χ1) is 17.9. The van der Waals surface area contributed by atoms with Crippen LogP contribution in [0.1, 0.15) is 70.9 Å². The number of nitrogens with one attached hydrogen (secondary N) is 1. The summed E-state index contributed by atoms with van der Waals surface area (Å²) in [6, 6.07) is 2.22. The number of benzene rings is 1. The molecule has 1 saturated heterocycles. The van der Waals surface area contributed by atoms with Gasteiger partial charge in [-0.25, -0.2) is 4.39 Å². The molecular weight excluding hydrogens is 489 g/mol. The number of hydrogen-bond donors (Lipinski definition) is 1. The number of aromatic nitrogens is 1. The van der Waals surface area contributed by atoms with Crippen LogP contribution in [-0.4, -0.2) is 65.9 Å². The number of pyridine rings is 1. The Bertz CT molecular complexity index is 1390. The van der Waals surface area contributed by atoms with Gasteiger partial charge in [0.2, 0.25) is 5.75 Å². The second-order valence-electron chi connectivity index (χ2n) is 12.0. The highest BCUT2D eigenvalue weighted by Gasteiger charge is 2.57. The molecule has 1 amide bonds. The average molecular weight is 526 g/mol. The van der Waals surface area contributed by atoms with Gasteiger partial charge in [-0.3, -0.25) is 9.59 Å². The fourth-order valence-corrected chi connectivity index (χ4v) is 6.52. The summed E-state index contributed by atoms with van der Waals surface area (Å²) in [5.41, 5.74) is 2.87. The van der Waals surface area contributed by atoms with Gasteiger partial charge in [-0.15, -0.1) is 0 Å². The summed E-state index contributed by atoms with van der Waals surface area (Å²) in [5.74, 6) is -1.60. The van der Waals surface area contributed by atoms with E-state index >= 15 is 4.39 Å². The lowest BCUT2D eigenvalue weighted by atomic mass is 9.83. The van der Waals surface area contributed by atoms with Crippen LogP contribution in [0.2, 0.25) is 0 Å². The van der Waals surface area contributed by atoms with Crippen molar-refractivity contribution in [2.45, 2.75) is 83.3 Å². The predicted molar refractivity (Wildman–Crippen MR) is 139 cm³/mol. The van der Waals surface area contributed by atoms with Crippen LogP contribution >= 0.6 is 0 Å². The van der Waals surface area contributed by atoms with Crippen molar-refractivity contribution in [1.29, 1.82) is 0 Å². The van der Waals surface area contributed by atoms with Crippen LogP contribution in [-0.2, 0) is 16.7 Å². The summed E-state index contributed by atoms with van der Waals surface area (Å²) in [7, 11) is 4.06. The van der Waals surface area contributed by atoms with Crippen molar-refractivity contribution in [1.82, 2.24) is 14.8 Å². The second kappa shape index (κ2) is 8.55. The van der Waals surface area contributed by atoms with Gasteiger partial charge >= 0.3 is 0 Å². The van der Waals surface area contributed by atoms with E-state index in [1.165, 1.54) is 0 Å². The Hall–Kier alpha value is -2.91. The van der Waals surface area contributed by atoms with E-state index in [0.717, 1.165) is 36.9 Å². The number of rotatable bonds is 4. The number of aromatic amines is 1. The van der Waals surface area contributed by atoms with E-state index in [1.54, 1.807) is 18.7 Å². The average Bonchev–Trinajstić information content (AvgIpc) is 3.53. The Labute approximate surface area is 222 Å². The van der Waals surface area contributed by atoms with Gasteiger partial charge in [0, 0.05) is 47.3 Å². The molecule has 38 heavy (non-hydrogen) atoms. The Morgan fingerprint density at radius 1 is 1.13 bits per heavy atom. The van der Waals surface area contributed by atoms with E-state index in [0.29, 0.717) is 41.4 Å². The van der Waals surface area contributed by atoms with Gasteiger partial charge in [0.05, 0.1) is 18.7 Å². The topological polar surface area (TPSA) is 84.1 Å². The minimum Gasteiger partial charge on any atom is -0.446 e. The number of aryl methyl sites for hydroxylation is 2. The molecule has 2 fully saturated rings. The van der Waals surface area contributed by atoms with Crippen LogP contribution in [0.15, 0.2) is 10.9 Å². The summed E-state index contributed by atoms with van der Waals surface area (Å²) >= 11 is 0. The lowest BCUT2D eigenvalue weighted by molar-refractivity contribution is -0.191. The highest BCUT2D eigenvalue weighted by Crippen LogP contribution is 2.59. The summed E-state index contributed by atoms with van der Waals surface area (Å²) in [4.78, 5) is 33.3. The lowest BCUT2D eigenvalue weighted by Gasteiger charge is -2.38. The lowest BCUT2D eigenvalue weighted by Crippen LogP contribution is -2.53. The van der Waals surface area contributed by atoms with Crippen molar-refractivity contribution in [3.63, 3.8) is 0 Å². The molecule has 4 heterocycles. The van der Waals surface area contributed by atoms with Crippen LogP contribution in [0.3, 0.4) is 0 Å². The number of fused-ring (bicyclic) bond motifs is 3. The maximum Gasteiger partial charge on any atom is 0.275 e. The molecule has 3 aliphatic heterocycles. The molecular formula is C29H36FN3O5.